The third kappa shape index (κ3) is 4.30. The van der Waals surface area contributed by atoms with E-state index in [9.17, 15) is 4.79 Å². The first-order valence-corrected chi connectivity index (χ1v) is 8.47. The zero-order chi connectivity index (χ0) is 17.8. The van der Waals surface area contributed by atoms with Gasteiger partial charge in [0, 0.05) is 30.5 Å². The second-order valence-electron chi connectivity index (χ2n) is 6.28. The Morgan fingerprint density at radius 2 is 2.00 bits per heavy atom. The largest absolute Gasteiger partial charge is 0.378 e. The van der Waals surface area contributed by atoms with Crippen molar-refractivity contribution in [2.24, 2.45) is 0 Å². The number of aromatic nitrogens is 1. The normalized spacial score (nSPS) is 15.7. The van der Waals surface area contributed by atoms with Gasteiger partial charge < -0.3 is 24.8 Å². The number of amides is 1. The van der Waals surface area contributed by atoms with E-state index in [0.717, 1.165) is 37.6 Å². The minimum atomic E-state index is -0.398. The monoisotopic (exact) mass is 344 g/mol. The summed E-state index contributed by atoms with van der Waals surface area (Å²) < 4.78 is 10.3. The number of carbonyl (C=O) groups excluding carboxylic acids is 1. The van der Waals surface area contributed by atoms with E-state index in [1.165, 1.54) is 5.69 Å². The van der Waals surface area contributed by atoms with Crippen LogP contribution in [-0.2, 0) is 9.53 Å². The third-order valence-electron chi connectivity index (χ3n) is 4.23. The van der Waals surface area contributed by atoms with Crippen molar-refractivity contribution in [3.05, 3.63) is 35.6 Å². The zero-order valence-electron chi connectivity index (χ0n) is 14.8. The van der Waals surface area contributed by atoms with Gasteiger partial charge in [0.05, 0.1) is 13.2 Å². The first kappa shape index (κ1) is 17.3. The van der Waals surface area contributed by atoms with Gasteiger partial charge in [-0.25, -0.2) is 0 Å². The first-order valence-electron chi connectivity index (χ1n) is 8.47. The first-order chi connectivity index (χ1) is 12.0. The molecule has 2 aromatic rings. The molecular formula is C18H24N4O3. The number of nitrogens with zero attached hydrogens (tertiary/aromatic N) is 2. The van der Waals surface area contributed by atoms with Crippen LogP contribution in [0.4, 0.5) is 17.2 Å². The van der Waals surface area contributed by atoms with Crippen molar-refractivity contribution in [3.8, 4) is 0 Å². The van der Waals surface area contributed by atoms with E-state index >= 15 is 0 Å². The average molecular weight is 344 g/mol. The van der Waals surface area contributed by atoms with Crippen molar-refractivity contribution in [1.29, 1.82) is 0 Å². The van der Waals surface area contributed by atoms with Crippen molar-refractivity contribution in [2.75, 3.05) is 41.8 Å². The van der Waals surface area contributed by atoms with Crippen LogP contribution < -0.4 is 15.5 Å². The Labute approximate surface area is 147 Å². The van der Waals surface area contributed by atoms with Crippen molar-refractivity contribution in [1.82, 2.24) is 5.16 Å². The van der Waals surface area contributed by atoms with Gasteiger partial charge in [0.2, 0.25) is 5.91 Å². The van der Waals surface area contributed by atoms with Gasteiger partial charge in [0.1, 0.15) is 11.8 Å². The fourth-order valence-electron chi connectivity index (χ4n) is 2.79. The molecule has 1 aromatic carbocycles. The molecule has 1 aromatic heterocycles. The number of benzene rings is 1. The number of nitrogens with one attached hydrogen (secondary N) is 2. The molecule has 1 fully saturated rings. The van der Waals surface area contributed by atoms with Crippen LogP contribution in [0.25, 0.3) is 0 Å². The Morgan fingerprint density at radius 3 is 2.64 bits per heavy atom. The summed E-state index contributed by atoms with van der Waals surface area (Å²) in [6, 6.07) is 7.52. The molecule has 134 valence electrons. The topological polar surface area (TPSA) is 79.6 Å². The summed E-state index contributed by atoms with van der Waals surface area (Å²) in [5.41, 5.74) is 3.22. The van der Waals surface area contributed by atoms with Gasteiger partial charge in [-0.3, -0.25) is 4.79 Å². The Hall–Kier alpha value is -2.54. The summed E-state index contributed by atoms with van der Waals surface area (Å²) in [7, 11) is 0. The molecular weight excluding hydrogens is 320 g/mol. The van der Waals surface area contributed by atoms with Crippen LogP contribution >= 0.6 is 0 Å². The van der Waals surface area contributed by atoms with E-state index in [-0.39, 0.29) is 5.91 Å². The number of morpholine rings is 1. The summed E-state index contributed by atoms with van der Waals surface area (Å²) in [6.45, 7) is 8.97. The lowest BCUT2D eigenvalue weighted by Crippen LogP contribution is -2.36. The molecule has 2 N–H and O–H groups in total. The lowest BCUT2D eigenvalue weighted by atomic mass is 10.1. The molecule has 3 rings (SSSR count). The van der Waals surface area contributed by atoms with E-state index in [1.54, 1.807) is 13.0 Å². The fraction of sp³-hybridized carbons (Fsp3) is 0.444. The predicted octanol–water partition coefficient (Wildman–Crippen LogP) is 2.57. The number of anilines is 3. The van der Waals surface area contributed by atoms with Crippen LogP contribution in [0.15, 0.2) is 28.8 Å². The Kier molecular flexibility index (Phi) is 5.23. The molecule has 0 radical (unpaired) electrons. The van der Waals surface area contributed by atoms with Crippen LogP contribution in [0.3, 0.4) is 0 Å². The number of aryl methyl sites for hydroxylation is 2. The van der Waals surface area contributed by atoms with E-state index in [2.05, 4.69) is 32.8 Å². The summed E-state index contributed by atoms with van der Waals surface area (Å²) in [5, 5.41) is 9.77. The van der Waals surface area contributed by atoms with Crippen LogP contribution in [0.1, 0.15) is 18.2 Å². The van der Waals surface area contributed by atoms with Gasteiger partial charge in [-0.05, 0) is 44.5 Å². The highest BCUT2D eigenvalue weighted by molar-refractivity contribution is 5.95. The summed E-state index contributed by atoms with van der Waals surface area (Å²) in [5.74, 6) is 0.922. The molecule has 25 heavy (non-hydrogen) atoms. The maximum absolute atomic E-state index is 12.3. The van der Waals surface area contributed by atoms with E-state index in [0.29, 0.717) is 11.6 Å². The highest BCUT2D eigenvalue weighted by Crippen LogP contribution is 2.24. The number of rotatable bonds is 5. The second-order valence-corrected chi connectivity index (χ2v) is 6.28. The molecule has 1 aliphatic rings. The second kappa shape index (κ2) is 7.57. The Bertz CT molecular complexity index is 738. The van der Waals surface area contributed by atoms with E-state index in [1.807, 2.05) is 19.9 Å². The van der Waals surface area contributed by atoms with E-state index < -0.39 is 6.04 Å². The Morgan fingerprint density at radius 1 is 1.24 bits per heavy atom. The number of hydrogen-bond donors (Lipinski definition) is 2. The number of hydrogen-bond acceptors (Lipinski definition) is 6. The molecule has 1 saturated heterocycles. The van der Waals surface area contributed by atoms with E-state index in [4.69, 9.17) is 9.26 Å². The lowest BCUT2D eigenvalue weighted by molar-refractivity contribution is -0.116. The van der Waals surface area contributed by atoms with Gasteiger partial charge >= 0.3 is 0 Å². The number of ether oxygens (including phenoxy) is 1. The fourth-order valence-corrected chi connectivity index (χ4v) is 2.79. The molecule has 7 nitrogen and oxygen atoms in total. The maximum atomic E-state index is 12.3. The summed E-state index contributed by atoms with van der Waals surface area (Å²) >= 11 is 0. The highest BCUT2D eigenvalue weighted by Gasteiger charge is 2.16. The quantitative estimate of drug-likeness (QED) is 0.868. The maximum Gasteiger partial charge on any atom is 0.247 e. The standard InChI is InChI=1S/C18H24N4O3/c1-12-10-15(22-6-8-24-9-7-22)4-5-16(12)19-14(3)18(23)20-17-11-13(2)25-21-17/h4-5,10-11,14,19H,6-9H2,1-3H3,(H,20,21,23). The van der Waals surface area contributed by atoms with Gasteiger partial charge in [-0.2, -0.15) is 0 Å². The molecule has 1 atom stereocenters. The predicted molar refractivity (Wildman–Crippen MR) is 97.2 cm³/mol. The molecule has 1 unspecified atom stereocenters. The average Bonchev–Trinajstić information content (AvgIpc) is 3.02. The smallest absolute Gasteiger partial charge is 0.247 e. The molecule has 7 heteroatoms. The highest BCUT2D eigenvalue weighted by atomic mass is 16.5. The minimum Gasteiger partial charge on any atom is -0.378 e. The molecule has 1 aliphatic heterocycles. The molecule has 2 heterocycles. The molecule has 0 spiro atoms. The molecule has 0 aliphatic carbocycles. The number of carbonyl (C=O) groups is 1. The molecule has 0 saturated carbocycles. The van der Waals surface area contributed by atoms with Crippen molar-refractivity contribution in [2.45, 2.75) is 26.8 Å². The molecule has 0 bridgehead atoms. The van der Waals surface area contributed by atoms with Gasteiger partial charge in [-0.15, -0.1) is 0 Å². The lowest BCUT2D eigenvalue weighted by Gasteiger charge is -2.29. The van der Waals surface area contributed by atoms with Crippen molar-refractivity contribution < 1.29 is 14.1 Å². The van der Waals surface area contributed by atoms with Crippen molar-refractivity contribution >= 4 is 23.1 Å². The van der Waals surface area contributed by atoms with Gasteiger partial charge in [0.15, 0.2) is 5.82 Å². The van der Waals surface area contributed by atoms with Crippen LogP contribution in [0.2, 0.25) is 0 Å². The molecule has 1 amide bonds. The van der Waals surface area contributed by atoms with Crippen molar-refractivity contribution in [3.63, 3.8) is 0 Å². The third-order valence-corrected chi connectivity index (χ3v) is 4.23. The Balaban J connectivity index is 1.62. The van der Waals surface area contributed by atoms with Gasteiger partial charge in [-0.1, -0.05) is 5.16 Å². The van der Waals surface area contributed by atoms with Gasteiger partial charge in [0.25, 0.3) is 0 Å². The zero-order valence-corrected chi connectivity index (χ0v) is 14.8. The van der Waals surface area contributed by atoms with Crippen LogP contribution in [-0.4, -0.2) is 43.4 Å². The summed E-state index contributed by atoms with van der Waals surface area (Å²) in [4.78, 5) is 14.6. The van der Waals surface area contributed by atoms with Crippen LogP contribution in [0.5, 0.6) is 0 Å². The summed E-state index contributed by atoms with van der Waals surface area (Å²) in [6.07, 6.45) is 0. The minimum absolute atomic E-state index is 0.162. The SMILES string of the molecule is Cc1cc(NC(=O)C(C)Nc2ccc(N3CCOCC3)cc2C)no1. The van der Waals surface area contributed by atoms with Crippen LogP contribution in [0, 0.1) is 13.8 Å².